The Kier molecular flexibility index (Phi) is 4.01. The topological polar surface area (TPSA) is 61.7 Å². The van der Waals surface area contributed by atoms with Crippen LogP contribution in [0, 0.1) is 10.8 Å². The predicted molar refractivity (Wildman–Crippen MR) is 94.5 cm³/mol. The first-order valence-electron chi connectivity index (χ1n) is 8.47. The molecule has 2 aromatic heterocycles. The van der Waals surface area contributed by atoms with Crippen molar-refractivity contribution in [2.24, 2.45) is 17.9 Å². The molecule has 0 saturated heterocycles. The van der Waals surface area contributed by atoms with Gasteiger partial charge in [-0.05, 0) is 29.2 Å². The van der Waals surface area contributed by atoms with Gasteiger partial charge in [0.2, 0.25) is 0 Å². The van der Waals surface area contributed by atoms with Crippen molar-refractivity contribution in [1.82, 2.24) is 19.6 Å². The van der Waals surface area contributed by atoms with E-state index < -0.39 is 11.9 Å². The summed E-state index contributed by atoms with van der Waals surface area (Å²) >= 11 is 0. The van der Waals surface area contributed by atoms with Crippen LogP contribution >= 0.6 is 0 Å². The van der Waals surface area contributed by atoms with Gasteiger partial charge in [-0.3, -0.25) is 4.68 Å². The SMILES string of the molecule is Cn1ccc(-n2nc(C(F)(F)F)c(C3=CC(C)(C)CC(C)(C)C3)c2N)n1. The summed E-state index contributed by atoms with van der Waals surface area (Å²) in [7, 11) is 1.68. The molecule has 8 heteroatoms. The van der Waals surface area contributed by atoms with Crippen molar-refractivity contribution >= 4 is 11.4 Å². The molecule has 2 aromatic rings. The molecule has 0 atom stereocenters. The lowest BCUT2D eigenvalue weighted by atomic mass is 9.65. The van der Waals surface area contributed by atoms with E-state index in [0.717, 1.165) is 11.1 Å². The number of hydrogen-bond donors (Lipinski definition) is 1. The van der Waals surface area contributed by atoms with Crippen LogP contribution in [-0.4, -0.2) is 19.6 Å². The molecule has 142 valence electrons. The summed E-state index contributed by atoms with van der Waals surface area (Å²) in [4.78, 5) is 0. The minimum atomic E-state index is -4.60. The summed E-state index contributed by atoms with van der Waals surface area (Å²) in [5.41, 5.74) is 5.42. The predicted octanol–water partition coefficient (Wildman–Crippen LogP) is 4.44. The van der Waals surface area contributed by atoms with E-state index in [9.17, 15) is 13.2 Å². The first kappa shape index (κ1) is 18.5. The third kappa shape index (κ3) is 3.37. The van der Waals surface area contributed by atoms with Gasteiger partial charge in [0.15, 0.2) is 11.5 Å². The van der Waals surface area contributed by atoms with Gasteiger partial charge in [0.05, 0.1) is 5.56 Å². The number of rotatable bonds is 2. The van der Waals surface area contributed by atoms with Crippen LogP contribution < -0.4 is 5.73 Å². The normalized spacial score (nSPS) is 19.5. The molecule has 1 aliphatic rings. The number of anilines is 1. The highest BCUT2D eigenvalue weighted by Crippen LogP contribution is 2.50. The number of allylic oxidation sites excluding steroid dienone is 2. The van der Waals surface area contributed by atoms with Crippen LogP contribution in [0.25, 0.3) is 11.4 Å². The van der Waals surface area contributed by atoms with Crippen molar-refractivity contribution in [2.75, 3.05) is 5.73 Å². The molecule has 0 bridgehead atoms. The van der Waals surface area contributed by atoms with E-state index in [1.807, 2.05) is 19.9 Å². The van der Waals surface area contributed by atoms with Gasteiger partial charge in [0.1, 0.15) is 5.82 Å². The Hall–Kier alpha value is -2.25. The van der Waals surface area contributed by atoms with E-state index in [-0.39, 0.29) is 28.0 Å². The highest BCUT2D eigenvalue weighted by atomic mass is 19.4. The minimum absolute atomic E-state index is 0.0241. The largest absolute Gasteiger partial charge is 0.435 e. The lowest BCUT2D eigenvalue weighted by molar-refractivity contribution is -0.141. The van der Waals surface area contributed by atoms with Crippen LogP contribution in [0.4, 0.5) is 19.0 Å². The number of nitrogens with zero attached hydrogens (tertiary/aromatic N) is 4. The maximum Gasteiger partial charge on any atom is 0.435 e. The molecule has 0 fully saturated rings. The molecule has 0 radical (unpaired) electrons. The van der Waals surface area contributed by atoms with Gasteiger partial charge in [0.25, 0.3) is 0 Å². The minimum Gasteiger partial charge on any atom is -0.383 e. The molecule has 5 nitrogen and oxygen atoms in total. The van der Waals surface area contributed by atoms with Crippen molar-refractivity contribution in [2.45, 2.75) is 46.7 Å². The van der Waals surface area contributed by atoms with E-state index in [1.54, 1.807) is 19.3 Å². The zero-order chi connectivity index (χ0) is 19.5. The highest BCUT2D eigenvalue weighted by Gasteiger charge is 2.43. The summed E-state index contributed by atoms with van der Waals surface area (Å²) < 4.78 is 43.7. The Morgan fingerprint density at radius 3 is 2.31 bits per heavy atom. The van der Waals surface area contributed by atoms with Gasteiger partial charge in [-0.15, -0.1) is 0 Å². The first-order chi connectivity index (χ1) is 11.8. The van der Waals surface area contributed by atoms with Crippen LogP contribution in [0.1, 0.15) is 51.8 Å². The van der Waals surface area contributed by atoms with Crippen molar-refractivity contribution in [3.63, 3.8) is 0 Å². The number of aryl methyl sites for hydroxylation is 1. The first-order valence-corrected chi connectivity index (χ1v) is 8.47. The second kappa shape index (κ2) is 5.62. The van der Waals surface area contributed by atoms with Crippen molar-refractivity contribution < 1.29 is 13.2 Å². The van der Waals surface area contributed by atoms with Gasteiger partial charge in [-0.1, -0.05) is 33.8 Å². The summed E-state index contributed by atoms with van der Waals surface area (Å²) in [6, 6.07) is 1.58. The molecule has 2 heterocycles. The average Bonchev–Trinajstić information content (AvgIpc) is 2.98. The second-order valence-corrected chi connectivity index (χ2v) is 8.54. The molecule has 2 N–H and O–H groups in total. The van der Waals surface area contributed by atoms with Crippen LogP contribution in [0.5, 0.6) is 0 Å². The van der Waals surface area contributed by atoms with Crippen LogP contribution in [0.3, 0.4) is 0 Å². The molecule has 0 aliphatic heterocycles. The van der Waals surface area contributed by atoms with Crippen molar-refractivity contribution in [3.8, 4) is 5.82 Å². The summed E-state index contributed by atoms with van der Waals surface area (Å²) in [5, 5.41) is 7.92. The lowest BCUT2D eigenvalue weighted by Gasteiger charge is -2.39. The molecular formula is C18H24F3N5. The highest BCUT2D eigenvalue weighted by molar-refractivity contribution is 5.78. The Morgan fingerprint density at radius 1 is 1.15 bits per heavy atom. The van der Waals surface area contributed by atoms with Gasteiger partial charge in [-0.25, -0.2) is 0 Å². The molecule has 26 heavy (non-hydrogen) atoms. The Morgan fingerprint density at radius 2 is 1.81 bits per heavy atom. The number of alkyl halides is 3. The number of halogens is 3. The fraction of sp³-hybridized carbons (Fsp3) is 0.556. The zero-order valence-electron chi connectivity index (χ0n) is 15.6. The standard InChI is InChI=1S/C18H24F3N5/c1-16(2)8-11(9-17(3,4)10-16)13-14(18(19,20)21)24-26(15(13)22)12-6-7-25(5)23-12/h6-8H,9-10,22H2,1-5H3. The molecule has 0 amide bonds. The molecule has 0 aromatic carbocycles. The maximum absolute atomic E-state index is 13.7. The zero-order valence-corrected chi connectivity index (χ0v) is 15.6. The number of nitrogen functional groups attached to an aromatic ring is 1. The molecule has 3 rings (SSSR count). The van der Waals surface area contributed by atoms with Gasteiger partial charge in [0, 0.05) is 19.3 Å². The van der Waals surface area contributed by atoms with Gasteiger partial charge in [-0.2, -0.15) is 28.1 Å². The quantitative estimate of drug-likeness (QED) is 0.854. The van der Waals surface area contributed by atoms with E-state index >= 15 is 0 Å². The monoisotopic (exact) mass is 367 g/mol. The number of aromatic nitrogens is 4. The third-order valence-electron chi connectivity index (χ3n) is 4.60. The third-order valence-corrected chi connectivity index (χ3v) is 4.60. The fourth-order valence-corrected chi connectivity index (χ4v) is 4.18. The van der Waals surface area contributed by atoms with Crippen molar-refractivity contribution in [1.29, 1.82) is 0 Å². The summed E-state index contributed by atoms with van der Waals surface area (Å²) in [5.74, 6) is 0.229. The van der Waals surface area contributed by atoms with Crippen LogP contribution in [-0.2, 0) is 13.2 Å². The van der Waals surface area contributed by atoms with Crippen LogP contribution in [0.2, 0.25) is 0 Å². The van der Waals surface area contributed by atoms with E-state index in [4.69, 9.17) is 5.73 Å². The fourth-order valence-electron chi connectivity index (χ4n) is 4.18. The Bertz CT molecular complexity index is 868. The molecular weight excluding hydrogens is 343 g/mol. The summed E-state index contributed by atoms with van der Waals surface area (Å²) in [6.07, 6.45) is 0.339. The van der Waals surface area contributed by atoms with E-state index in [2.05, 4.69) is 24.0 Å². The van der Waals surface area contributed by atoms with E-state index in [0.29, 0.717) is 12.0 Å². The van der Waals surface area contributed by atoms with Gasteiger partial charge < -0.3 is 5.73 Å². The average molecular weight is 367 g/mol. The van der Waals surface area contributed by atoms with Crippen molar-refractivity contribution in [3.05, 3.63) is 29.6 Å². The maximum atomic E-state index is 13.7. The smallest absolute Gasteiger partial charge is 0.383 e. The molecule has 0 spiro atoms. The Labute approximate surface area is 150 Å². The van der Waals surface area contributed by atoms with E-state index in [1.165, 1.54) is 4.68 Å². The van der Waals surface area contributed by atoms with Gasteiger partial charge >= 0.3 is 6.18 Å². The molecule has 0 unspecified atom stereocenters. The molecule has 0 saturated carbocycles. The lowest BCUT2D eigenvalue weighted by Crippen LogP contribution is -2.27. The Balaban J connectivity index is 2.23. The summed E-state index contributed by atoms with van der Waals surface area (Å²) in [6.45, 7) is 8.18. The number of nitrogens with two attached hydrogens (primary N) is 1. The second-order valence-electron chi connectivity index (χ2n) is 8.54. The van der Waals surface area contributed by atoms with Crippen LogP contribution in [0.15, 0.2) is 18.3 Å². The number of hydrogen-bond acceptors (Lipinski definition) is 3. The molecule has 1 aliphatic carbocycles.